The van der Waals surface area contributed by atoms with E-state index in [1.54, 1.807) is 16.8 Å². The zero-order valence-corrected chi connectivity index (χ0v) is 13.1. The number of benzene rings is 1. The summed E-state index contributed by atoms with van der Waals surface area (Å²) in [6.45, 7) is 6.62. The third kappa shape index (κ3) is 3.39. The van der Waals surface area contributed by atoms with Gasteiger partial charge >= 0.3 is 0 Å². The van der Waals surface area contributed by atoms with Crippen LogP contribution in [-0.4, -0.2) is 33.0 Å². The maximum Gasteiger partial charge on any atom is 0.251 e. The van der Waals surface area contributed by atoms with Gasteiger partial charge in [0.2, 0.25) is 0 Å². The Morgan fingerprint density at radius 1 is 1.48 bits per heavy atom. The van der Waals surface area contributed by atoms with Gasteiger partial charge in [0, 0.05) is 24.7 Å². The number of nitrogens with zero attached hydrogens (tertiary/aromatic N) is 3. The smallest absolute Gasteiger partial charge is 0.251 e. The highest BCUT2D eigenvalue weighted by Gasteiger charge is 2.26. The van der Waals surface area contributed by atoms with Crippen molar-refractivity contribution in [3.63, 3.8) is 0 Å². The fourth-order valence-electron chi connectivity index (χ4n) is 2.61. The summed E-state index contributed by atoms with van der Waals surface area (Å²) < 4.78 is 1.68. The van der Waals surface area contributed by atoms with Crippen LogP contribution in [0.15, 0.2) is 18.2 Å². The lowest BCUT2D eigenvalue weighted by Gasteiger charge is -2.31. The van der Waals surface area contributed by atoms with Crippen molar-refractivity contribution in [2.45, 2.75) is 32.7 Å². The molecule has 1 aromatic carbocycles. The summed E-state index contributed by atoms with van der Waals surface area (Å²) in [4.78, 5) is 12.4. The molecule has 2 rings (SSSR count). The molecule has 0 saturated carbocycles. The van der Waals surface area contributed by atoms with Gasteiger partial charge in [-0.2, -0.15) is 0 Å². The molecule has 114 valence electrons. The van der Waals surface area contributed by atoms with Crippen molar-refractivity contribution in [1.29, 1.82) is 0 Å². The first-order valence-corrected chi connectivity index (χ1v) is 7.16. The molecule has 0 fully saturated rings. The lowest BCUT2D eigenvalue weighted by Crippen LogP contribution is -2.52. The third-order valence-electron chi connectivity index (χ3n) is 3.60. The van der Waals surface area contributed by atoms with Crippen LogP contribution in [0.25, 0.3) is 11.0 Å². The Balaban J connectivity index is 2.21. The second-order valence-electron chi connectivity index (χ2n) is 6.23. The number of hydrogen-bond acceptors (Lipinski definition) is 4. The second kappa shape index (κ2) is 5.81. The Kier molecular flexibility index (Phi) is 4.27. The quantitative estimate of drug-likeness (QED) is 0.872. The molecule has 0 bridgehead atoms. The molecular weight excluding hydrogens is 266 g/mol. The molecule has 21 heavy (non-hydrogen) atoms. The van der Waals surface area contributed by atoms with Crippen LogP contribution >= 0.6 is 0 Å². The topological polar surface area (TPSA) is 85.8 Å². The fourth-order valence-corrected chi connectivity index (χ4v) is 2.61. The van der Waals surface area contributed by atoms with Gasteiger partial charge in [-0.1, -0.05) is 19.1 Å². The molecule has 1 amide bonds. The average Bonchev–Trinajstić information content (AvgIpc) is 2.79. The zero-order valence-electron chi connectivity index (χ0n) is 13.1. The summed E-state index contributed by atoms with van der Waals surface area (Å²) in [5, 5.41) is 11.0. The van der Waals surface area contributed by atoms with Crippen LogP contribution < -0.4 is 11.1 Å². The first-order valence-electron chi connectivity index (χ1n) is 7.16. The number of aromatic nitrogens is 3. The van der Waals surface area contributed by atoms with Crippen LogP contribution in [0, 0.1) is 5.92 Å². The second-order valence-corrected chi connectivity index (χ2v) is 6.23. The minimum absolute atomic E-state index is 0.129. The number of rotatable bonds is 5. The van der Waals surface area contributed by atoms with Gasteiger partial charge < -0.3 is 11.1 Å². The zero-order chi connectivity index (χ0) is 15.6. The van der Waals surface area contributed by atoms with E-state index in [2.05, 4.69) is 29.5 Å². The molecule has 1 atom stereocenters. The van der Waals surface area contributed by atoms with E-state index < -0.39 is 5.54 Å². The van der Waals surface area contributed by atoms with Crippen LogP contribution in [0.4, 0.5) is 0 Å². The standard InChI is InChI=1S/C15H23N5O/c1-10(2)8-15(3,9-16)17-14(21)11-5-6-13-12(7-11)18-19-20(13)4/h5-7,10H,8-9,16H2,1-4H3,(H,17,21). The minimum Gasteiger partial charge on any atom is -0.346 e. The lowest BCUT2D eigenvalue weighted by atomic mass is 9.90. The van der Waals surface area contributed by atoms with Crippen molar-refractivity contribution in [3.8, 4) is 0 Å². The third-order valence-corrected chi connectivity index (χ3v) is 3.60. The first-order chi connectivity index (χ1) is 9.84. The van der Waals surface area contributed by atoms with Gasteiger partial charge in [-0.25, -0.2) is 4.68 Å². The molecule has 0 radical (unpaired) electrons. The van der Waals surface area contributed by atoms with E-state index in [-0.39, 0.29) is 5.91 Å². The number of nitrogens with two attached hydrogens (primary N) is 1. The Morgan fingerprint density at radius 2 is 2.19 bits per heavy atom. The number of aryl methyl sites for hydroxylation is 1. The number of amides is 1. The van der Waals surface area contributed by atoms with Crippen molar-refractivity contribution in [2.75, 3.05) is 6.54 Å². The molecule has 0 spiro atoms. The SMILES string of the molecule is CC(C)CC(C)(CN)NC(=O)c1ccc2c(c1)nnn2C. The van der Waals surface area contributed by atoms with Crippen molar-refractivity contribution in [3.05, 3.63) is 23.8 Å². The number of fused-ring (bicyclic) bond motifs is 1. The Bertz CT molecular complexity index is 649. The predicted molar refractivity (Wildman–Crippen MR) is 82.9 cm³/mol. The van der Waals surface area contributed by atoms with E-state index >= 15 is 0 Å². The first kappa shape index (κ1) is 15.4. The van der Waals surface area contributed by atoms with Gasteiger partial charge in [-0.3, -0.25) is 4.79 Å². The Labute approximate surface area is 124 Å². The average molecular weight is 289 g/mol. The molecule has 6 nitrogen and oxygen atoms in total. The molecule has 6 heteroatoms. The molecule has 1 unspecified atom stereocenters. The summed E-state index contributed by atoms with van der Waals surface area (Å²) in [6, 6.07) is 5.39. The molecular formula is C15H23N5O. The summed E-state index contributed by atoms with van der Waals surface area (Å²) in [5.74, 6) is 0.331. The molecule has 2 aromatic rings. The van der Waals surface area contributed by atoms with E-state index in [4.69, 9.17) is 5.73 Å². The normalized spacial score (nSPS) is 14.4. The summed E-state index contributed by atoms with van der Waals surface area (Å²) in [6.07, 6.45) is 0.836. The molecule has 0 aliphatic carbocycles. The van der Waals surface area contributed by atoms with Gasteiger partial charge in [0.15, 0.2) is 0 Å². The molecule has 0 aliphatic heterocycles. The van der Waals surface area contributed by atoms with Crippen LogP contribution in [0.5, 0.6) is 0 Å². The fraction of sp³-hybridized carbons (Fsp3) is 0.533. The van der Waals surface area contributed by atoms with E-state index in [9.17, 15) is 4.79 Å². The number of nitrogens with one attached hydrogen (secondary N) is 1. The van der Waals surface area contributed by atoms with Crippen LogP contribution in [-0.2, 0) is 7.05 Å². The predicted octanol–water partition coefficient (Wildman–Crippen LogP) is 1.46. The highest BCUT2D eigenvalue weighted by atomic mass is 16.1. The maximum absolute atomic E-state index is 12.4. The van der Waals surface area contributed by atoms with Gasteiger partial charge in [-0.15, -0.1) is 5.10 Å². The van der Waals surface area contributed by atoms with E-state index in [1.807, 2.05) is 20.0 Å². The Hall–Kier alpha value is -1.95. The largest absolute Gasteiger partial charge is 0.346 e. The number of carbonyl (C=O) groups is 1. The summed E-state index contributed by atoms with van der Waals surface area (Å²) in [5.41, 5.74) is 7.62. The molecule has 0 aliphatic rings. The van der Waals surface area contributed by atoms with Crippen LogP contribution in [0.2, 0.25) is 0 Å². The molecule has 3 N–H and O–H groups in total. The van der Waals surface area contributed by atoms with Gasteiger partial charge in [-0.05, 0) is 37.5 Å². The van der Waals surface area contributed by atoms with Crippen LogP contribution in [0.1, 0.15) is 37.6 Å². The summed E-state index contributed by atoms with van der Waals surface area (Å²) >= 11 is 0. The van der Waals surface area contributed by atoms with E-state index in [0.717, 1.165) is 11.9 Å². The lowest BCUT2D eigenvalue weighted by molar-refractivity contribution is 0.0898. The van der Waals surface area contributed by atoms with Crippen LogP contribution in [0.3, 0.4) is 0 Å². The minimum atomic E-state index is -0.400. The molecule has 1 heterocycles. The monoisotopic (exact) mass is 289 g/mol. The maximum atomic E-state index is 12.4. The highest BCUT2D eigenvalue weighted by Crippen LogP contribution is 2.17. The van der Waals surface area contributed by atoms with E-state index in [0.29, 0.717) is 23.5 Å². The summed E-state index contributed by atoms with van der Waals surface area (Å²) in [7, 11) is 1.82. The Morgan fingerprint density at radius 3 is 2.81 bits per heavy atom. The van der Waals surface area contributed by atoms with Crippen molar-refractivity contribution in [2.24, 2.45) is 18.7 Å². The van der Waals surface area contributed by atoms with Gasteiger partial charge in [0.05, 0.1) is 5.52 Å². The highest BCUT2D eigenvalue weighted by molar-refractivity contribution is 5.97. The molecule has 0 saturated heterocycles. The van der Waals surface area contributed by atoms with Gasteiger partial charge in [0.25, 0.3) is 5.91 Å². The molecule has 1 aromatic heterocycles. The van der Waals surface area contributed by atoms with Crippen molar-refractivity contribution in [1.82, 2.24) is 20.3 Å². The van der Waals surface area contributed by atoms with Gasteiger partial charge in [0.1, 0.15) is 5.52 Å². The van der Waals surface area contributed by atoms with E-state index in [1.165, 1.54) is 0 Å². The van der Waals surface area contributed by atoms with Crippen molar-refractivity contribution < 1.29 is 4.79 Å². The van der Waals surface area contributed by atoms with Crippen molar-refractivity contribution >= 4 is 16.9 Å². The number of carbonyl (C=O) groups excluding carboxylic acids is 1. The number of hydrogen-bond donors (Lipinski definition) is 2.